The van der Waals surface area contributed by atoms with E-state index < -0.39 is 5.25 Å². The molecule has 0 saturated heterocycles. The van der Waals surface area contributed by atoms with Gasteiger partial charge in [0.05, 0.1) is 18.2 Å². The minimum absolute atomic E-state index is 0.120. The number of anilines is 1. The lowest BCUT2D eigenvalue weighted by Gasteiger charge is -2.33. The zero-order valence-corrected chi connectivity index (χ0v) is 18.6. The van der Waals surface area contributed by atoms with Gasteiger partial charge in [-0.3, -0.25) is 4.79 Å². The van der Waals surface area contributed by atoms with Crippen LogP contribution in [-0.2, 0) is 4.79 Å². The Morgan fingerprint density at radius 2 is 2.03 bits per heavy atom. The van der Waals surface area contributed by atoms with E-state index in [2.05, 4.69) is 20.9 Å². The lowest BCUT2D eigenvalue weighted by atomic mass is 10.0. The Morgan fingerprint density at radius 1 is 1.23 bits per heavy atom. The van der Waals surface area contributed by atoms with Gasteiger partial charge >= 0.3 is 0 Å². The van der Waals surface area contributed by atoms with Gasteiger partial charge in [-0.1, -0.05) is 41.6 Å². The maximum atomic E-state index is 13.4. The minimum Gasteiger partial charge on any atom is -0.495 e. The second kappa shape index (κ2) is 8.20. The number of benzene rings is 2. The number of amides is 1. The number of rotatable bonds is 4. The van der Waals surface area contributed by atoms with E-state index in [0.29, 0.717) is 15.9 Å². The maximum Gasteiger partial charge on any atom is 0.240 e. The van der Waals surface area contributed by atoms with Gasteiger partial charge in [0, 0.05) is 5.69 Å². The monoisotopic (exact) mass is 443 g/mol. The first-order valence-corrected chi connectivity index (χ1v) is 10.7. The molecule has 0 saturated carbocycles. The Labute approximate surface area is 184 Å². The topological polar surface area (TPSA) is 81.1 Å². The van der Waals surface area contributed by atoms with Crippen LogP contribution in [0.5, 0.6) is 5.75 Å². The smallest absolute Gasteiger partial charge is 0.240 e. The number of thioether (sulfide) groups is 1. The lowest BCUT2D eigenvalue weighted by Crippen LogP contribution is -2.41. The van der Waals surface area contributed by atoms with E-state index >= 15 is 0 Å². The second-order valence-electron chi connectivity index (χ2n) is 7.14. The number of nitrogens with one attached hydrogen (secondary N) is 2. The van der Waals surface area contributed by atoms with Gasteiger partial charge in [0.25, 0.3) is 0 Å². The van der Waals surface area contributed by atoms with Gasteiger partial charge in [0.15, 0.2) is 0 Å². The van der Waals surface area contributed by atoms with Crippen LogP contribution in [0.25, 0.3) is 0 Å². The number of fused-ring (bicyclic) bond motifs is 1. The summed E-state index contributed by atoms with van der Waals surface area (Å²) in [5.74, 6) is 1.18. The average molecular weight is 444 g/mol. The third-order valence-electron chi connectivity index (χ3n) is 5.25. The molecular formula is C21H22ClN5O2S. The molecule has 9 heteroatoms. The van der Waals surface area contributed by atoms with Crippen LogP contribution in [0, 0.1) is 20.8 Å². The third-order valence-corrected chi connectivity index (χ3v) is 6.76. The van der Waals surface area contributed by atoms with Crippen molar-refractivity contribution in [2.45, 2.75) is 37.2 Å². The predicted molar refractivity (Wildman–Crippen MR) is 119 cm³/mol. The van der Waals surface area contributed by atoms with Crippen LogP contribution in [0.3, 0.4) is 0 Å². The summed E-state index contributed by atoms with van der Waals surface area (Å²) in [4.78, 5) is 13.4. The maximum absolute atomic E-state index is 13.4. The Balaban J connectivity index is 1.70. The molecule has 2 N–H and O–H groups in total. The number of hydrogen-bond acceptors (Lipinski definition) is 6. The van der Waals surface area contributed by atoms with Crippen molar-refractivity contribution in [1.29, 1.82) is 0 Å². The molecule has 0 bridgehead atoms. The fraction of sp³-hybridized carbons (Fsp3) is 0.286. The molecule has 1 aliphatic heterocycles. The quantitative estimate of drug-likeness (QED) is 0.627. The van der Waals surface area contributed by atoms with E-state index in [1.165, 1.54) is 11.8 Å². The Bertz CT molecular complexity index is 1120. The first kappa shape index (κ1) is 20.6. The highest BCUT2D eigenvalue weighted by Gasteiger charge is 2.37. The highest BCUT2D eigenvalue weighted by Crippen LogP contribution is 2.39. The predicted octanol–water partition coefficient (Wildman–Crippen LogP) is 4.26. The van der Waals surface area contributed by atoms with Crippen LogP contribution in [-0.4, -0.2) is 33.1 Å². The normalized spacial score (nSPS) is 17.8. The third kappa shape index (κ3) is 3.73. The minimum atomic E-state index is -0.481. The summed E-state index contributed by atoms with van der Waals surface area (Å²) in [5, 5.41) is 12.0. The number of halogens is 1. The number of methoxy groups -OCH3 is 1. The fourth-order valence-electron chi connectivity index (χ4n) is 3.38. The molecule has 1 amide bonds. The van der Waals surface area contributed by atoms with Crippen LogP contribution >= 0.6 is 23.4 Å². The molecule has 0 unspecified atom stereocenters. The van der Waals surface area contributed by atoms with Crippen molar-refractivity contribution in [3.8, 4) is 5.75 Å². The zero-order chi connectivity index (χ0) is 21.4. The summed E-state index contributed by atoms with van der Waals surface area (Å²) < 4.78 is 7.07. The summed E-state index contributed by atoms with van der Waals surface area (Å²) in [6.07, 6.45) is 0. The van der Waals surface area contributed by atoms with Gasteiger partial charge in [-0.25, -0.2) is 4.68 Å². The van der Waals surface area contributed by atoms with E-state index in [-0.39, 0.29) is 11.9 Å². The van der Waals surface area contributed by atoms with Crippen molar-refractivity contribution in [2.75, 3.05) is 17.9 Å². The standard InChI is InChI=1S/C21H22ClN5O2S/c1-11-6-5-7-16(12(11)2)23-20(28)19-18(14-8-9-17(29-4)15(22)10-14)26-27-13(3)24-25-21(27)30-19/h5-10,18-19,26H,1-4H3,(H,23,28)/t18-,19-/m0/s1. The zero-order valence-electron chi connectivity index (χ0n) is 17.1. The van der Waals surface area contributed by atoms with Gasteiger partial charge in [-0.15, -0.1) is 10.2 Å². The van der Waals surface area contributed by atoms with Crippen molar-refractivity contribution < 1.29 is 9.53 Å². The lowest BCUT2D eigenvalue weighted by molar-refractivity contribution is -0.116. The van der Waals surface area contributed by atoms with Crippen molar-refractivity contribution in [2.24, 2.45) is 0 Å². The number of carbonyl (C=O) groups excluding carboxylic acids is 1. The molecule has 156 valence electrons. The fourth-order valence-corrected chi connectivity index (χ4v) is 4.77. The Hall–Kier alpha value is -2.71. The van der Waals surface area contributed by atoms with E-state index in [9.17, 15) is 4.79 Å². The molecule has 0 radical (unpaired) electrons. The summed E-state index contributed by atoms with van der Waals surface area (Å²) in [7, 11) is 1.57. The summed E-state index contributed by atoms with van der Waals surface area (Å²) in [6, 6.07) is 11.1. The van der Waals surface area contributed by atoms with Crippen molar-refractivity contribution in [3.05, 3.63) is 63.9 Å². The highest BCUT2D eigenvalue weighted by atomic mass is 35.5. The number of carbonyl (C=O) groups is 1. The van der Waals surface area contributed by atoms with Crippen LogP contribution in [0.4, 0.5) is 5.69 Å². The highest BCUT2D eigenvalue weighted by molar-refractivity contribution is 8.00. The molecule has 0 fully saturated rings. The molecule has 30 heavy (non-hydrogen) atoms. The number of aryl methyl sites for hydroxylation is 2. The van der Waals surface area contributed by atoms with Crippen molar-refractivity contribution in [1.82, 2.24) is 14.9 Å². The SMILES string of the molecule is COc1ccc([C@@H]2Nn3c(C)nnc3S[C@@H]2C(=O)Nc2cccc(C)c2C)cc1Cl. The molecule has 7 nitrogen and oxygen atoms in total. The summed E-state index contributed by atoms with van der Waals surface area (Å²) >= 11 is 7.74. The summed E-state index contributed by atoms with van der Waals surface area (Å²) in [6.45, 7) is 5.88. The molecule has 0 spiro atoms. The largest absolute Gasteiger partial charge is 0.495 e. The molecule has 1 aromatic heterocycles. The van der Waals surface area contributed by atoms with Gasteiger partial charge in [0.1, 0.15) is 16.8 Å². The Morgan fingerprint density at radius 3 is 2.77 bits per heavy atom. The van der Waals surface area contributed by atoms with Crippen LogP contribution in [0.15, 0.2) is 41.6 Å². The first-order chi connectivity index (χ1) is 14.4. The van der Waals surface area contributed by atoms with Gasteiger partial charge < -0.3 is 15.5 Å². The van der Waals surface area contributed by atoms with Gasteiger partial charge in [-0.2, -0.15) is 0 Å². The number of aromatic nitrogens is 3. The van der Waals surface area contributed by atoms with Gasteiger partial charge in [0.2, 0.25) is 11.1 Å². The molecule has 2 heterocycles. The van der Waals surface area contributed by atoms with E-state index in [4.69, 9.17) is 16.3 Å². The van der Waals surface area contributed by atoms with Crippen LogP contribution < -0.4 is 15.5 Å². The molecule has 4 rings (SSSR count). The number of nitrogens with zero attached hydrogens (tertiary/aromatic N) is 3. The van der Waals surface area contributed by atoms with Gasteiger partial charge in [-0.05, 0) is 55.7 Å². The van der Waals surface area contributed by atoms with Crippen molar-refractivity contribution in [3.63, 3.8) is 0 Å². The number of ether oxygens (including phenoxy) is 1. The molecule has 2 aromatic carbocycles. The molecule has 3 aromatic rings. The molecule has 1 aliphatic rings. The molecule has 2 atom stereocenters. The second-order valence-corrected chi connectivity index (χ2v) is 8.66. The van der Waals surface area contributed by atoms with Crippen LogP contribution in [0.1, 0.15) is 28.6 Å². The summed E-state index contributed by atoms with van der Waals surface area (Å²) in [5.41, 5.74) is 7.21. The average Bonchev–Trinajstić information content (AvgIpc) is 3.10. The number of hydrogen-bond donors (Lipinski definition) is 2. The van der Waals surface area contributed by atoms with Crippen LogP contribution in [0.2, 0.25) is 5.02 Å². The van der Waals surface area contributed by atoms with E-state index in [0.717, 1.165) is 28.2 Å². The van der Waals surface area contributed by atoms with E-state index in [1.807, 2.05) is 51.1 Å². The first-order valence-electron chi connectivity index (χ1n) is 9.44. The molecule has 0 aliphatic carbocycles. The van der Waals surface area contributed by atoms with E-state index in [1.54, 1.807) is 17.9 Å². The Kier molecular flexibility index (Phi) is 5.62. The molecular weight excluding hydrogens is 422 g/mol. The van der Waals surface area contributed by atoms with Crippen molar-refractivity contribution >= 4 is 35.0 Å².